The molecule has 0 radical (unpaired) electrons. The van der Waals surface area contributed by atoms with E-state index in [1.165, 1.54) is 22.2 Å². The molecule has 2 heterocycles. The van der Waals surface area contributed by atoms with Crippen molar-refractivity contribution in [1.29, 1.82) is 0 Å². The molecule has 0 atom stereocenters. The van der Waals surface area contributed by atoms with Crippen LogP contribution < -0.4 is 0 Å². The second-order valence-corrected chi connectivity index (χ2v) is 4.84. The van der Waals surface area contributed by atoms with E-state index in [0.29, 0.717) is 0 Å². The summed E-state index contributed by atoms with van der Waals surface area (Å²) in [6.07, 6.45) is 0. The number of benzene rings is 1. The van der Waals surface area contributed by atoms with E-state index in [9.17, 15) is 0 Å². The summed E-state index contributed by atoms with van der Waals surface area (Å²) in [4.78, 5) is 0. The summed E-state index contributed by atoms with van der Waals surface area (Å²) in [5.74, 6) is 0. The molecule has 0 aliphatic rings. The Morgan fingerprint density at radius 2 is 2.06 bits per heavy atom. The van der Waals surface area contributed by atoms with Crippen LogP contribution in [0.2, 0.25) is 0 Å². The molecule has 2 heteroatoms. The third-order valence-corrected chi connectivity index (χ3v) is 3.67. The number of fused-ring (bicyclic) bond motifs is 1. The van der Waals surface area contributed by atoms with Crippen molar-refractivity contribution in [2.75, 3.05) is 0 Å². The lowest BCUT2D eigenvalue weighted by Crippen LogP contribution is -1.99. The van der Waals surface area contributed by atoms with Gasteiger partial charge in [0.2, 0.25) is 0 Å². The van der Waals surface area contributed by atoms with Crippen LogP contribution in [-0.4, -0.2) is 4.57 Å². The van der Waals surface area contributed by atoms with Gasteiger partial charge in [-0.15, -0.1) is 0 Å². The predicted octanol–water partition coefficient (Wildman–Crippen LogP) is 4.06. The topological polar surface area (TPSA) is 4.93 Å². The monoisotopic (exact) mass is 227 g/mol. The van der Waals surface area contributed by atoms with Crippen LogP contribution in [0.1, 0.15) is 11.3 Å². The number of aryl methyl sites for hydroxylation is 1. The first-order chi connectivity index (χ1) is 7.84. The third-order valence-electron chi connectivity index (χ3n) is 2.94. The van der Waals surface area contributed by atoms with Gasteiger partial charge in [0.25, 0.3) is 0 Å². The molecule has 0 saturated heterocycles. The molecule has 0 bridgehead atoms. The predicted molar refractivity (Wildman–Crippen MR) is 70.1 cm³/mol. The van der Waals surface area contributed by atoms with Crippen LogP contribution in [0.5, 0.6) is 0 Å². The molecule has 1 aromatic carbocycles. The number of para-hydroxylation sites is 1. The zero-order chi connectivity index (χ0) is 11.0. The van der Waals surface area contributed by atoms with Crippen molar-refractivity contribution in [3.63, 3.8) is 0 Å². The maximum absolute atomic E-state index is 2.37. The number of aromatic nitrogens is 1. The van der Waals surface area contributed by atoms with Gasteiger partial charge in [0.1, 0.15) is 0 Å². The second-order valence-electron chi connectivity index (χ2n) is 4.06. The van der Waals surface area contributed by atoms with Crippen molar-refractivity contribution in [1.82, 2.24) is 4.57 Å². The minimum absolute atomic E-state index is 0.975. The number of hydrogen-bond acceptors (Lipinski definition) is 1. The van der Waals surface area contributed by atoms with Crippen LogP contribution >= 0.6 is 11.3 Å². The summed E-state index contributed by atoms with van der Waals surface area (Å²) in [5, 5.41) is 5.68. The van der Waals surface area contributed by atoms with E-state index in [0.717, 1.165) is 6.54 Å². The molecule has 80 valence electrons. The molecule has 0 saturated carbocycles. The molecular formula is C14H13NS. The largest absolute Gasteiger partial charge is 0.340 e. The third kappa shape index (κ3) is 1.55. The van der Waals surface area contributed by atoms with Crippen LogP contribution in [0.25, 0.3) is 10.9 Å². The van der Waals surface area contributed by atoms with Crippen LogP contribution in [0.3, 0.4) is 0 Å². The van der Waals surface area contributed by atoms with Gasteiger partial charge in [-0.1, -0.05) is 18.2 Å². The quantitative estimate of drug-likeness (QED) is 0.622. The van der Waals surface area contributed by atoms with E-state index in [1.807, 2.05) is 0 Å². The highest BCUT2D eigenvalue weighted by Gasteiger charge is 2.05. The Hall–Kier alpha value is -1.54. The summed E-state index contributed by atoms with van der Waals surface area (Å²) in [7, 11) is 0. The molecule has 3 aromatic rings. The molecule has 0 N–H and O–H groups in total. The molecule has 0 spiro atoms. The number of nitrogens with zero attached hydrogens (tertiary/aromatic N) is 1. The molecule has 0 fully saturated rings. The zero-order valence-electron chi connectivity index (χ0n) is 9.18. The van der Waals surface area contributed by atoms with E-state index in [-0.39, 0.29) is 0 Å². The highest BCUT2D eigenvalue weighted by atomic mass is 32.1. The molecule has 0 aliphatic heterocycles. The van der Waals surface area contributed by atoms with Gasteiger partial charge in [-0.2, -0.15) is 11.3 Å². The van der Waals surface area contributed by atoms with E-state index in [4.69, 9.17) is 0 Å². The Bertz CT molecular complexity index is 605. The first kappa shape index (κ1) is 9.67. The standard InChI is InChI=1S/C14H13NS/c1-11-8-13-4-2-3-5-14(13)15(11)9-12-6-7-16-10-12/h2-8,10H,9H2,1H3. The first-order valence-electron chi connectivity index (χ1n) is 5.40. The van der Waals surface area contributed by atoms with E-state index in [2.05, 4.69) is 58.6 Å². The lowest BCUT2D eigenvalue weighted by atomic mass is 10.2. The Balaban J connectivity index is 2.12. The Morgan fingerprint density at radius 1 is 1.19 bits per heavy atom. The van der Waals surface area contributed by atoms with Gasteiger partial charge in [0.05, 0.1) is 0 Å². The van der Waals surface area contributed by atoms with Crippen molar-refractivity contribution in [3.05, 3.63) is 58.4 Å². The van der Waals surface area contributed by atoms with Gasteiger partial charge < -0.3 is 4.57 Å². The summed E-state index contributed by atoms with van der Waals surface area (Å²) in [6, 6.07) is 13.0. The summed E-state index contributed by atoms with van der Waals surface area (Å²) in [6.45, 7) is 3.15. The molecule has 0 aliphatic carbocycles. The maximum atomic E-state index is 2.37. The van der Waals surface area contributed by atoms with E-state index in [1.54, 1.807) is 11.3 Å². The molecular weight excluding hydrogens is 214 g/mol. The van der Waals surface area contributed by atoms with Crippen molar-refractivity contribution in [2.45, 2.75) is 13.5 Å². The van der Waals surface area contributed by atoms with Crippen LogP contribution in [-0.2, 0) is 6.54 Å². The number of hydrogen-bond donors (Lipinski definition) is 0. The van der Waals surface area contributed by atoms with E-state index < -0.39 is 0 Å². The van der Waals surface area contributed by atoms with Crippen molar-refractivity contribution in [3.8, 4) is 0 Å². The lowest BCUT2D eigenvalue weighted by molar-refractivity contribution is 0.808. The summed E-state index contributed by atoms with van der Waals surface area (Å²) >= 11 is 1.76. The van der Waals surface area contributed by atoms with Crippen molar-refractivity contribution < 1.29 is 0 Å². The fraction of sp³-hybridized carbons (Fsp3) is 0.143. The molecule has 2 aromatic heterocycles. The molecule has 1 nitrogen and oxygen atoms in total. The summed E-state index contributed by atoms with van der Waals surface area (Å²) in [5.41, 5.74) is 4.04. The Labute approximate surface area is 99.0 Å². The van der Waals surface area contributed by atoms with Gasteiger partial charge in [0, 0.05) is 17.8 Å². The van der Waals surface area contributed by atoms with Crippen LogP contribution in [0.4, 0.5) is 0 Å². The average molecular weight is 227 g/mol. The van der Waals surface area contributed by atoms with Crippen molar-refractivity contribution in [2.24, 2.45) is 0 Å². The summed E-state index contributed by atoms with van der Waals surface area (Å²) < 4.78 is 2.37. The normalized spacial score (nSPS) is 11.1. The van der Waals surface area contributed by atoms with Crippen molar-refractivity contribution >= 4 is 22.2 Å². The molecule has 0 amide bonds. The van der Waals surface area contributed by atoms with Gasteiger partial charge in [-0.3, -0.25) is 0 Å². The van der Waals surface area contributed by atoms with Crippen LogP contribution in [0, 0.1) is 6.92 Å². The molecule has 16 heavy (non-hydrogen) atoms. The fourth-order valence-corrected chi connectivity index (χ4v) is 2.78. The van der Waals surface area contributed by atoms with Gasteiger partial charge in [0.15, 0.2) is 0 Å². The van der Waals surface area contributed by atoms with Crippen LogP contribution in [0.15, 0.2) is 47.2 Å². The van der Waals surface area contributed by atoms with Gasteiger partial charge in [-0.05, 0) is 46.8 Å². The van der Waals surface area contributed by atoms with E-state index >= 15 is 0 Å². The highest BCUT2D eigenvalue weighted by Crippen LogP contribution is 2.21. The second kappa shape index (κ2) is 3.80. The Morgan fingerprint density at radius 3 is 2.88 bits per heavy atom. The SMILES string of the molecule is Cc1cc2ccccc2n1Cc1ccsc1. The zero-order valence-corrected chi connectivity index (χ0v) is 10.00. The highest BCUT2D eigenvalue weighted by molar-refractivity contribution is 7.07. The maximum Gasteiger partial charge on any atom is 0.0486 e. The Kier molecular flexibility index (Phi) is 2.29. The van der Waals surface area contributed by atoms with Gasteiger partial charge >= 0.3 is 0 Å². The van der Waals surface area contributed by atoms with Gasteiger partial charge in [-0.25, -0.2) is 0 Å². The fourth-order valence-electron chi connectivity index (χ4n) is 2.12. The smallest absolute Gasteiger partial charge is 0.0486 e. The minimum Gasteiger partial charge on any atom is -0.340 e. The lowest BCUT2D eigenvalue weighted by Gasteiger charge is -2.06. The average Bonchev–Trinajstić information content (AvgIpc) is 2.89. The number of thiophene rings is 1. The minimum atomic E-state index is 0.975. The first-order valence-corrected chi connectivity index (χ1v) is 6.35. The molecule has 3 rings (SSSR count). The molecule has 0 unspecified atom stereocenters. The number of rotatable bonds is 2.